The summed E-state index contributed by atoms with van der Waals surface area (Å²) in [4.78, 5) is 138. The second kappa shape index (κ2) is 28.8. The van der Waals surface area contributed by atoms with Gasteiger partial charge in [0.05, 0.1) is 48.6 Å². The van der Waals surface area contributed by atoms with Gasteiger partial charge in [-0.05, 0) is 68.9 Å². The number of phenols is 2. The molecule has 2 aliphatic heterocycles. The third kappa shape index (κ3) is 15.3. The maximum Gasteiger partial charge on any atom is 0.244 e. The van der Waals surface area contributed by atoms with Crippen LogP contribution in [-0.2, 0) is 60.7 Å². The van der Waals surface area contributed by atoms with Gasteiger partial charge in [-0.2, -0.15) is 0 Å². The normalized spacial score (nSPS) is 22.8. The summed E-state index contributed by atoms with van der Waals surface area (Å²) in [5.74, 6) is -9.47. The predicted molar refractivity (Wildman–Crippen MR) is 310 cm³/mol. The van der Waals surface area contributed by atoms with E-state index in [-0.39, 0.29) is 77.9 Å². The molecule has 7 amide bonds. The first kappa shape index (κ1) is 66.6. The molecule has 26 nitrogen and oxygen atoms in total. The van der Waals surface area contributed by atoms with Gasteiger partial charge < -0.3 is 82.3 Å². The van der Waals surface area contributed by atoms with Crippen LogP contribution in [0.15, 0.2) is 48.5 Å². The number of ketones is 3. The Labute approximate surface area is 503 Å². The molecule has 0 aromatic heterocycles. The molecular weight excluding hydrogens is 1130 g/mol. The Morgan fingerprint density at radius 2 is 1.45 bits per heavy atom. The lowest BCUT2D eigenvalue weighted by Gasteiger charge is -2.43. The number of aliphatic hydroxyl groups is 3. The van der Waals surface area contributed by atoms with Gasteiger partial charge in [-0.25, -0.2) is 0 Å². The number of amides is 7. The number of aromatic hydroxyl groups is 2. The molecule has 0 spiro atoms. The van der Waals surface area contributed by atoms with Crippen molar-refractivity contribution in [1.29, 1.82) is 0 Å². The molecule has 2 saturated heterocycles. The summed E-state index contributed by atoms with van der Waals surface area (Å²) in [6.45, 7) is 8.27. The lowest BCUT2D eigenvalue weighted by molar-refractivity contribution is -0.249. The van der Waals surface area contributed by atoms with Gasteiger partial charge in [0.15, 0.2) is 17.9 Å². The maximum atomic E-state index is 14.4. The van der Waals surface area contributed by atoms with E-state index in [9.17, 15) is 73.5 Å². The number of aliphatic hydroxyl groups excluding tert-OH is 2. The van der Waals surface area contributed by atoms with E-state index in [1.54, 1.807) is 32.0 Å². The van der Waals surface area contributed by atoms with E-state index < -0.39 is 174 Å². The Bertz CT molecular complexity index is 3120. The van der Waals surface area contributed by atoms with Gasteiger partial charge >= 0.3 is 0 Å². The molecule has 0 unspecified atom stereocenters. The molecule has 87 heavy (non-hydrogen) atoms. The summed E-state index contributed by atoms with van der Waals surface area (Å²) in [6, 6.07) is 6.19. The summed E-state index contributed by atoms with van der Waals surface area (Å²) in [7, 11) is 1.28. The number of rotatable bonds is 25. The van der Waals surface area contributed by atoms with Crippen molar-refractivity contribution >= 4 is 58.7 Å². The number of nitrogens with one attached hydrogen (secondary N) is 6. The Kier molecular flexibility index (Phi) is 22.0. The van der Waals surface area contributed by atoms with Crippen molar-refractivity contribution in [2.75, 3.05) is 33.4 Å². The number of methoxy groups -OCH3 is 1. The minimum absolute atomic E-state index is 0.00564. The number of hydrogen-bond acceptors (Lipinski definition) is 19. The monoisotopic (exact) mass is 1210 g/mol. The van der Waals surface area contributed by atoms with Gasteiger partial charge in [0.2, 0.25) is 47.1 Å². The molecule has 472 valence electrons. The van der Waals surface area contributed by atoms with Crippen molar-refractivity contribution in [2.24, 2.45) is 17.6 Å². The van der Waals surface area contributed by atoms with Crippen LogP contribution in [0.2, 0.25) is 0 Å². The molecule has 2 heterocycles. The second-order valence-electron chi connectivity index (χ2n) is 23.5. The van der Waals surface area contributed by atoms with E-state index in [0.29, 0.717) is 19.4 Å². The van der Waals surface area contributed by atoms with Gasteiger partial charge in [-0.3, -0.25) is 47.9 Å². The Morgan fingerprint density at radius 1 is 0.805 bits per heavy atom. The number of phenolic OH excluding ortho intramolecular Hbond substituents is 2. The van der Waals surface area contributed by atoms with Gasteiger partial charge in [0, 0.05) is 56.0 Å². The lowest BCUT2D eigenvalue weighted by atomic mass is 9.72. The topological polar surface area (TPSA) is 401 Å². The molecule has 3 aromatic carbocycles. The highest BCUT2D eigenvalue weighted by Crippen LogP contribution is 2.52. The first-order chi connectivity index (χ1) is 41.2. The van der Waals surface area contributed by atoms with Crippen LogP contribution in [0.5, 0.6) is 17.2 Å². The minimum Gasteiger partial charge on any atom is -0.507 e. The van der Waals surface area contributed by atoms with Crippen LogP contribution in [0.4, 0.5) is 0 Å². The molecule has 2 fully saturated rings. The molecule has 2 aliphatic carbocycles. The van der Waals surface area contributed by atoms with E-state index in [2.05, 4.69) is 31.9 Å². The highest BCUT2D eigenvalue weighted by molar-refractivity contribution is 6.31. The molecule has 0 saturated carbocycles. The number of likely N-dealkylation sites (tertiary alicyclic amines) is 1. The van der Waals surface area contributed by atoms with Crippen molar-refractivity contribution < 1.29 is 87.7 Å². The molecule has 4 aliphatic rings. The van der Waals surface area contributed by atoms with Gasteiger partial charge in [-0.1, -0.05) is 70.2 Å². The second-order valence-corrected chi connectivity index (χ2v) is 23.5. The van der Waals surface area contributed by atoms with Crippen LogP contribution in [0, 0.1) is 11.8 Å². The average Bonchev–Trinajstić information content (AvgIpc) is 1.01. The fourth-order valence-electron chi connectivity index (χ4n) is 11.8. The summed E-state index contributed by atoms with van der Waals surface area (Å²) >= 11 is 0. The highest BCUT2D eigenvalue weighted by Gasteiger charge is 2.51. The largest absolute Gasteiger partial charge is 0.507 e. The fourth-order valence-corrected chi connectivity index (χ4v) is 11.8. The smallest absolute Gasteiger partial charge is 0.244 e. The number of ether oxygens (including phenoxy) is 3. The van der Waals surface area contributed by atoms with Gasteiger partial charge in [-0.15, -0.1) is 0 Å². The number of fused-ring (bicyclic) bond motifs is 3. The molecule has 11 atom stereocenters. The molecule has 7 rings (SSSR count). The molecule has 0 bridgehead atoms. The van der Waals surface area contributed by atoms with Crippen LogP contribution in [-0.4, -0.2) is 183 Å². The Morgan fingerprint density at radius 3 is 2.08 bits per heavy atom. The summed E-state index contributed by atoms with van der Waals surface area (Å²) in [5, 5.41) is 72.9. The summed E-state index contributed by atoms with van der Waals surface area (Å²) in [6.07, 6.45) is -5.72. The molecule has 13 N–H and O–H groups in total. The van der Waals surface area contributed by atoms with Crippen molar-refractivity contribution in [2.45, 2.75) is 166 Å². The zero-order valence-corrected chi connectivity index (χ0v) is 49.8. The van der Waals surface area contributed by atoms with Crippen LogP contribution in [0.3, 0.4) is 0 Å². The predicted octanol–water partition coefficient (Wildman–Crippen LogP) is -0.0912. The van der Waals surface area contributed by atoms with E-state index in [1.807, 2.05) is 26.0 Å². The minimum atomic E-state index is -2.46. The third-order valence-corrected chi connectivity index (χ3v) is 16.2. The lowest BCUT2D eigenvalue weighted by Crippen LogP contribution is -2.61. The zero-order chi connectivity index (χ0) is 63.8. The van der Waals surface area contributed by atoms with Gasteiger partial charge in [0.25, 0.3) is 0 Å². The Hall–Kier alpha value is -7.88. The van der Waals surface area contributed by atoms with Crippen LogP contribution >= 0.6 is 0 Å². The number of Topliss-reactive ketones (excluding diaryl/α,β-unsaturated/α-hetero) is 1. The number of aryl methyl sites for hydroxylation is 1. The van der Waals surface area contributed by atoms with Crippen molar-refractivity contribution in [3.63, 3.8) is 0 Å². The summed E-state index contributed by atoms with van der Waals surface area (Å²) < 4.78 is 17.7. The average molecular weight is 1210 g/mol. The van der Waals surface area contributed by atoms with Gasteiger partial charge in [0.1, 0.15) is 65.8 Å². The number of hydrogen-bond donors (Lipinski definition) is 12. The summed E-state index contributed by atoms with van der Waals surface area (Å²) in [5.41, 5.74) is 2.31. The fraction of sp³-hybridized carbons (Fsp3) is 0.541. The first-order valence-corrected chi connectivity index (χ1v) is 29.2. The van der Waals surface area contributed by atoms with Crippen molar-refractivity contribution in [3.8, 4) is 17.2 Å². The van der Waals surface area contributed by atoms with E-state index in [1.165, 1.54) is 44.1 Å². The van der Waals surface area contributed by atoms with E-state index >= 15 is 0 Å². The first-order valence-electron chi connectivity index (χ1n) is 29.2. The van der Waals surface area contributed by atoms with Crippen molar-refractivity contribution in [3.05, 3.63) is 87.5 Å². The van der Waals surface area contributed by atoms with Crippen LogP contribution < -0.4 is 42.4 Å². The molecule has 26 heteroatoms. The van der Waals surface area contributed by atoms with Crippen LogP contribution in [0.25, 0.3) is 0 Å². The molecule has 3 aromatic rings. The number of nitrogens with zero attached hydrogens (tertiary/aromatic N) is 1. The molecular formula is C61H80N8O18. The molecule has 0 radical (unpaired) electrons. The number of carbonyl (C=O) groups excluding carboxylic acids is 10. The van der Waals surface area contributed by atoms with Crippen LogP contribution in [0.1, 0.15) is 141 Å². The van der Waals surface area contributed by atoms with Crippen molar-refractivity contribution in [1.82, 2.24) is 36.8 Å². The Balaban J connectivity index is 1.04. The standard InChI is InChI=1S/C61H80N8O18/c1-29(2)21-38(67-60(83)41-16-12-20-69(41)32(6)71)56(79)63-27-45(73)64-36(19-18-33-13-9-8-10-14-33)57(80)68-40(26-62)59(82)66-39(22-30(3)4)58(81)65-37-23-46(86-31(5)51(37)74)87-43-25-61(84,44(72)28-70)24-35-48(43)55(78)50-49(53(35)76)52(75)34-15-11-17-42(85-7)47(34)54(50)77/h8-11,13-15,17,29-31,36-41,43,46,51,70,74,76,78,84H,12,16,18-28,62H2,1-7H3,(H,63,79)(H,64,73)(H,65,81)(H,66,82)(H,67,83)(H,68,80)/t31-,36-,37-,38-,39-,40-,41-,43-,46-,51+,61-/m0/s1. The maximum absolute atomic E-state index is 14.4. The number of nitrogens with two attached hydrogens (primary N) is 1. The number of carbonyl (C=O) groups is 10. The number of benzene rings is 3. The quantitative estimate of drug-likeness (QED) is 0.0386. The van der Waals surface area contributed by atoms with E-state index in [4.69, 9.17) is 19.9 Å². The van der Waals surface area contributed by atoms with E-state index in [0.717, 1.165) is 5.56 Å². The third-order valence-electron chi connectivity index (χ3n) is 16.2. The highest BCUT2D eigenvalue weighted by atomic mass is 16.7. The zero-order valence-electron chi connectivity index (χ0n) is 49.8. The SMILES string of the molecule is COc1cccc2c1C(=O)c1c(O)c3c(c(O)c1C2=O)C[C@@](O)(C(=O)CO)C[C@@H]3O[C@H]1C[C@H](NC(=O)[C@H](CC(C)C)NC(=O)[C@H](CN)NC(=O)[C@H](CCc2ccccc2)NC(=O)CNC(=O)[C@H](CC(C)C)NC(=O)[C@@H]2CCCN2C(C)=O)[C@H](O)[C@H](C)O1.